The molecule has 1 saturated heterocycles. The molecular formula is C22H24F2N6O3. The van der Waals surface area contributed by atoms with Crippen molar-refractivity contribution in [2.24, 2.45) is 7.05 Å². The number of hydrogen-bond acceptors (Lipinski definition) is 5. The number of carboxylic acid groups (broad SMARTS) is 1. The second-order valence-corrected chi connectivity index (χ2v) is 8.11. The number of likely N-dealkylation sites (tertiary alicyclic amines) is 1. The van der Waals surface area contributed by atoms with Crippen LogP contribution in [-0.2, 0) is 13.5 Å². The molecule has 3 aromatic rings. The number of anilines is 1. The molecule has 1 aliphatic heterocycles. The highest BCUT2D eigenvalue weighted by Crippen LogP contribution is 2.27. The first-order valence-electron chi connectivity index (χ1n) is 10.5. The maximum Gasteiger partial charge on any atom is 0.411 e. The minimum absolute atomic E-state index is 0.0618. The fourth-order valence-electron chi connectivity index (χ4n) is 3.84. The average molecular weight is 458 g/mol. The fourth-order valence-corrected chi connectivity index (χ4v) is 3.84. The minimum atomic E-state index is -2.72. The van der Waals surface area contributed by atoms with Crippen molar-refractivity contribution < 1.29 is 18.7 Å². The lowest BCUT2D eigenvalue weighted by atomic mass is 10.1. The Bertz CT molecular complexity index is 1210. The molecule has 0 bridgehead atoms. The van der Waals surface area contributed by atoms with Crippen molar-refractivity contribution in [1.29, 1.82) is 0 Å². The van der Waals surface area contributed by atoms with Gasteiger partial charge in [-0.15, -0.1) is 0 Å². The second kappa shape index (κ2) is 9.10. The van der Waals surface area contributed by atoms with Crippen LogP contribution in [0, 0.1) is 0 Å². The predicted octanol–water partition coefficient (Wildman–Crippen LogP) is 2.38. The van der Waals surface area contributed by atoms with Gasteiger partial charge in [0.1, 0.15) is 11.4 Å². The molecule has 0 radical (unpaired) electrons. The Kier molecular flexibility index (Phi) is 6.23. The van der Waals surface area contributed by atoms with E-state index in [4.69, 9.17) is 0 Å². The molecule has 0 aliphatic carbocycles. The van der Waals surface area contributed by atoms with Crippen LogP contribution in [0.15, 0.2) is 53.7 Å². The van der Waals surface area contributed by atoms with E-state index in [0.29, 0.717) is 22.6 Å². The first-order valence-corrected chi connectivity index (χ1v) is 10.5. The summed E-state index contributed by atoms with van der Waals surface area (Å²) in [7, 11) is 1.78. The van der Waals surface area contributed by atoms with Crippen LogP contribution in [0.1, 0.15) is 17.7 Å². The highest BCUT2D eigenvalue weighted by Gasteiger charge is 2.38. The number of halogens is 2. The Hall–Kier alpha value is -3.60. The quantitative estimate of drug-likeness (QED) is 0.584. The first kappa shape index (κ1) is 22.6. The van der Waals surface area contributed by atoms with Gasteiger partial charge in [0.15, 0.2) is 0 Å². The zero-order chi connectivity index (χ0) is 23.6. The van der Waals surface area contributed by atoms with E-state index in [0.717, 1.165) is 4.90 Å². The van der Waals surface area contributed by atoms with Gasteiger partial charge in [0, 0.05) is 57.5 Å². The summed E-state index contributed by atoms with van der Waals surface area (Å²) in [5.74, 6) is -2.72. The molecule has 1 aliphatic rings. The van der Waals surface area contributed by atoms with Gasteiger partial charge in [-0.2, -0.15) is 10.2 Å². The SMILES string of the molecule is Cn1cc(-n2ccc(=O)c(Cc3cccc(N(CCN4CCC(F)(F)C4)C(=O)O)c3)n2)cn1. The van der Waals surface area contributed by atoms with E-state index in [1.54, 1.807) is 64.2 Å². The Morgan fingerprint density at radius 1 is 1.30 bits per heavy atom. The molecule has 33 heavy (non-hydrogen) atoms. The van der Waals surface area contributed by atoms with E-state index in [9.17, 15) is 23.5 Å². The maximum atomic E-state index is 13.4. The van der Waals surface area contributed by atoms with E-state index in [1.807, 2.05) is 0 Å². The van der Waals surface area contributed by atoms with Gasteiger partial charge in [-0.25, -0.2) is 18.3 Å². The number of nitrogens with zero attached hydrogens (tertiary/aromatic N) is 6. The van der Waals surface area contributed by atoms with Crippen LogP contribution in [-0.4, -0.2) is 67.8 Å². The summed E-state index contributed by atoms with van der Waals surface area (Å²) < 4.78 is 30.0. The molecule has 3 heterocycles. The standard InChI is InChI=1S/C22H24F2N6O3/c1-27-14-18(13-25-27)30-7-5-20(31)19(26-30)12-16-3-2-4-17(11-16)29(21(32)33)10-9-28-8-6-22(23,24)15-28/h2-5,7,11,13-14H,6,8-10,12,15H2,1H3,(H,32,33). The molecule has 0 saturated carbocycles. The molecule has 1 N–H and O–H groups in total. The summed E-state index contributed by atoms with van der Waals surface area (Å²) in [6.07, 6.45) is 3.78. The highest BCUT2D eigenvalue weighted by molar-refractivity contribution is 5.86. The van der Waals surface area contributed by atoms with Gasteiger partial charge in [-0.1, -0.05) is 12.1 Å². The Morgan fingerprint density at radius 3 is 2.79 bits per heavy atom. The van der Waals surface area contributed by atoms with Gasteiger partial charge in [0.25, 0.3) is 5.92 Å². The van der Waals surface area contributed by atoms with Crippen molar-refractivity contribution in [2.45, 2.75) is 18.8 Å². The molecule has 9 nitrogen and oxygen atoms in total. The van der Waals surface area contributed by atoms with Crippen molar-refractivity contribution in [2.75, 3.05) is 31.1 Å². The molecule has 11 heteroatoms. The van der Waals surface area contributed by atoms with Crippen molar-refractivity contribution >= 4 is 11.8 Å². The maximum absolute atomic E-state index is 13.4. The largest absolute Gasteiger partial charge is 0.465 e. The average Bonchev–Trinajstić information content (AvgIpc) is 3.34. The third kappa shape index (κ3) is 5.43. The molecule has 0 atom stereocenters. The van der Waals surface area contributed by atoms with E-state index >= 15 is 0 Å². The van der Waals surface area contributed by atoms with Crippen LogP contribution in [0.3, 0.4) is 0 Å². The van der Waals surface area contributed by atoms with E-state index in [2.05, 4.69) is 10.2 Å². The third-order valence-electron chi connectivity index (χ3n) is 5.55. The summed E-state index contributed by atoms with van der Waals surface area (Å²) in [6.45, 7) is 0.154. The summed E-state index contributed by atoms with van der Waals surface area (Å²) in [5, 5.41) is 18.2. The van der Waals surface area contributed by atoms with Gasteiger partial charge >= 0.3 is 6.09 Å². The molecule has 0 unspecified atom stereocenters. The third-order valence-corrected chi connectivity index (χ3v) is 5.55. The van der Waals surface area contributed by atoms with Crippen LogP contribution in [0.4, 0.5) is 19.3 Å². The molecule has 0 spiro atoms. The van der Waals surface area contributed by atoms with Gasteiger partial charge in [-0.3, -0.25) is 19.3 Å². The number of amides is 1. The number of hydrogen-bond donors (Lipinski definition) is 1. The minimum Gasteiger partial charge on any atom is -0.465 e. The zero-order valence-corrected chi connectivity index (χ0v) is 18.1. The Labute approximate surface area is 188 Å². The zero-order valence-electron chi connectivity index (χ0n) is 18.1. The van der Waals surface area contributed by atoms with Crippen molar-refractivity contribution in [3.8, 4) is 5.69 Å². The van der Waals surface area contributed by atoms with Crippen LogP contribution in [0.25, 0.3) is 5.69 Å². The second-order valence-electron chi connectivity index (χ2n) is 8.11. The molecule has 1 amide bonds. The molecule has 1 aromatic carbocycles. The van der Waals surface area contributed by atoms with Gasteiger partial charge in [0.05, 0.1) is 18.9 Å². The number of alkyl halides is 2. The molecule has 174 valence electrons. The summed E-state index contributed by atoms with van der Waals surface area (Å²) in [4.78, 5) is 26.9. The van der Waals surface area contributed by atoms with Crippen LogP contribution >= 0.6 is 0 Å². The van der Waals surface area contributed by atoms with Crippen molar-refractivity contribution in [3.05, 3.63) is 70.4 Å². The van der Waals surface area contributed by atoms with E-state index in [-0.39, 0.29) is 44.4 Å². The van der Waals surface area contributed by atoms with Crippen molar-refractivity contribution in [3.63, 3.8) is 0 Å². The normalized spacial score (nSPS) is 15.6. The molecule has 4 rings (SSSR count). The number of benzene rings is 1. The predicted molar refractivity (Wildman–Crippen MR) is 117 cm³/mol. The van der Waals surface area contributed by atoms with Gasteiger partial charge in [-0.05, 0) is 17.7 Å². The molecular weight excluding hydrogens is 434 g/mol. The van der Waals surface area contributed by atoms with Gasteiger partial charge < -0.3 is 5.11 Å². The molecule has 2 aromatic heterocycles. The number of carbonyl (C=O) groups is 1. The lowest BCUT2D eigenvalue weighted by Crippen LogP contribution is -2.38. The van der Waals surface area contributed by atoms with Crippen molar-refractivity contribution in [1.82, 2.24) is 24.5 Å². The van der Waals surface area contributed by atoms with Crippen LogP contribution < -0.4 is 10.3 Å². The highest BCUT2D eigenvalue weighted by atomic mass is 19.3. The van der Waals surface area contributed by atoms with E-state index in [1.165, 1.54) is 6.07 Å². The summed E-state index contributed by atoms with van der Waals surface area (Å²) in [5.41, 5.74) is 1.90. The smallest absolute Gasteiger partial charge is 0.411 e. The van der Waals surface area contributed by atoms with Crippen LogP contribution in [0.2, 0.25) is 0 Å². The topological polar surface area (TPSA) is 96.5 Å². The first-order chi connectivity index (χ1) is 15.7. The molecule has 1 fully saturated rings. The monoisotopic (exact) mass is 458 g/mol. The number of aryl methyl sites for hydroxylation is 1. The summed E-state index contributed by atoms with van der Waals surface area (Å²) >= 11 is 0. The number of rotatable bonds is 7. The fraction of sp³-hybridized carbons (Fsp3) is 0.364. The van der Waals surface area contributed by atoms with Crippen LogP contribution in [0.5, 0.6) is 0 Å². The Morgan fingerprint density at radius 2 is 2.12 bits per heavy atom. The lowest BCUT2D eigenvalue weighted by molar-refractivity contribution is 0.0125. The summed E-state index contributed by atoms with van der Waals surface area (Å²) in [6, 6.07) is 8.23. The lowest BCUT2D eigenvalue weighted by Gasteiger charge is -2.23. The Balaban J connectivity index is 1.51. The number of aromatic nitrogens is 4. The van der Waals surface area contributed by atoms with E-state index < -0.39 is 12.0 Å². The van der Waals surface area contributed by atoms with Gasteiger partial charge in [0.2, 0.25) is 5.43 Å².